The molecule has 1 saturated heterocycles. The molecule has 48 heavy (non-hydrogen) atoms. The molecular formula is C38H41N3O7. The Labute approximate surface area is 279 Å². The minimum Gasteiger partial charge on any atom is -0.496 e. The van der Waals surface area contributed by atoms with Gasteiger partial charge in [0.05, 0.1) is 52.8 Å². The molecule has 1 fully saturated rings. The average molecular weight is 652 g/mol. The summed E-state index contributed by atoms with van der Waals surface area (Å²) in [6, 6.07) is 18.6. The molecular weight excluding hydrogens is 610 g/mol. The molecule has 250 valence electrons. The van der Waals surface area contributed by atoms with Crippen molar-refractivity contribution in [2.24, 2.45) is 0 Å². The Morgan fingerprint density at radius 1 is 0.833 bits per heavy atom. The Morgan fingerprint density at radius 3 is 2.29 bits per heavy atom. The molecule has 6 rings (SSSR count). The third-order valence-electron chi connectivity index (χ3n) is 9.42. The summed E-state index contributed by atoms with van der Waals surface area (Å²) in [4.78, 5) is 41.7. The first kappa shape index (κ1) is 32.7. The fourth-order valence-electron chi connectivity index (χ4n) is 7.28. The van der Waals surface area contributed by atoms with Gasteiger partial charge in [-0.3, -0.25) is 14.4 Å². The summed E-state index contributed by atoms with van der Waals surface area (Å²) in [6.07, 6.45) is 2.89. The van der Waals surface area contributed by atoms with E-state index in [2.05, 4.69) is 16.7 Å². The molecule has 1 heterocycles. The zero-order valence-electron chi connectivity index (χ0n) is 28.0. The summed E-state index contributed by atoms with van der Waals surface area (Å²) in [5.74, 6) is 1.94. The Morgan fingerprint density at radius 2 is 1.58 bits per heavy atom. The van der Waals surface area contributed by atoms with Gasteiger partial charge in [-0.1, -0.05) is 36.4 Å². The van der Waals surface area contributed by atoms with E-state index in [9.17, 15) is 14.4 Å². The number of ether oxygens (including phenoxy) is 4. The summed E-state index contributed by atoms with van der Waals surface area (Å²) in [5, 5.41) is 8.23. The number of carbonyl (C=O) groups is 2. The Bertz CT molecular complexity index is 1940. The number of methoxy groups -OCH3 is 4. The van der Waals surface area contributed by atoms with Gasteiger partial charge in [0.15, 0.2) is 11.5 Å². The minimum absolute atomic E-state index is 0.0471. The van der Waals surface area contributed by atoms with Gasteiger partial charge in [0.25, 0.3) is 0 Å². The van der Waals surface area contributed by atoms with Crippen LogP contribution in [0.15, 0.2) is 65.5 Å². The van der Waals surface area contributed by atoms with Gasteiger partial charge in [-0.05, 0) is 77.6 Å². The number of nitrogens with zero attached hydrogens (tertiary/aromatic N) is 1. The number of benzene rings is 3. The van der Waals surface area contributed by atoms with Crippen LogP contribution in [0.4, 0.5) is 5.69 Å². The Hall–Kier alpha value is -5.25. The second kappa shape index (κ2) is 13.9. The third kappa shape index (κ3) is 5.98. The first-order valence-corrected chi connectivity index (χ1v) is 16.2. The molecule has 1 aliphatic carbocycles. The second-order valence-corrected chi connectivity index (χ2v) is 12.1. The lowest BCUT2D eigenvalue weighted by Gasteiger charge is -2.27. The van der Waals surface area contributed by atoms with E-state index in [-0.39, 0.29) is 35.5 Å². The molecule has 0 radical (unpaired) electrons. The van der Waals surface area contributed by atoms with Crippen LogP contribution >= 0.6 is 0 Å². The van der Waals surface area contributed by atoms with Crippen LogP contribution in [0.1, 0.15) is 55.0 Å². The van der Waals surface area contributed by atoms with E-state index < -0.39 is 6.04 Å². The smallest absolute Gasteiger partial charge is 0.242 e. The van der Waals surface area contributed by atoms with Crippen LogP contribution in [0, 0.1) is 0 Å². The maximum Gasteiger partial charge on any atom is 0.242 e. The number of carbonyl (C=O) groups excluding carboxylic acids is 2. The lowest BCUT2D eigenvalue weighted by atomic mass is 9.95. The summed E-state index contributed by atoms with van der Waals surface area (Å²) < 4.78 is 22.8. The van der Waals surface area contributed by atoms with Gasteiger partial charge >= 0.3 is 0 Å². The van der Waals surface area contributed by atoms with Crippen LogP contribution < -0.4 is 35.0 Å². The lowest BCUT2D eigenvalue weighted by Crippen LogP contribution is -2.35. The summed E-state index contributed by atoms with van der Waals surface area (Å²) in [5.41, 5.74) is 4.16. The maximum absolute atomic E-state index is 13.8. The number of aryl methyl sites for hydroxylation is 1. The summed E-state index contributed by atoms with van der Waals surface area (Å²) in [7, 11) is 6.34. The molecule has 2 amide bonds. The quantitative estimate of drug-likeness (QED) is 0.233. The average Bonchev–Trinajstić information content (AvgIpc) is 3.47. The molecule has 0 bridgehead atoms. The van der Waals surface area contributed by atoms with Crippen LogP contribution in [-0.4, -0.2) is 58.2 Å². The molecule has 10 heteroatoms. The molecule has 1 unspecified atom stereocenters. The van der Waals surface area contributed by atoms with E-state index in [1.165, 1.54) is 6.92 Å². The van der Waals surface area contributed by atoms with E-state index in [0.29, 0.717) is 42.2 Å². The molecule has 4 aromatic carbocycles. The van der Waals surface area contributed by atoms with Gasteiger partial charge in [0.1, 0.15) is 5.75 Å². The van der Waals surface area contributed by atoms with Crippen LogP contribution in [0.2, 0.25) is 0 Å². The highest BCUT2D eigenvalue weighted by atomic mass is 16.5. The molecule has 0 saturated carbocycles. The normalized spacial score (nSPS) is 16.7. The molecule has 2 N–H and O–H groups in total. The van der Waals surface area contributed by atoms with Gasteiger partial charge in [-0.2, -0.15) is 0 Å². The monoisotopic (exact) mass is 651 g/mol. The number of likely N-dealkylation sites (tertiary alicyclic amines) is 1. The topological polar surface area (TPSA) is 115 Å². The van der Waals surface area contributed by atoms with Gasteiger partial charge in [0.2, 0.25) is 23.0 Å². The number of amides is 2. The highest BCUT2D eigenvalue weighted by molar-refractivity contribution is 5.92. The van der Waals surface area contributed by atoms with Gasteiger partial charge < -0.3 is 34.5 Å². The van der Waals surface area contributed by atoms with E-state index in [1.807, 2.05) is 47.4 Å². The van der Waals surface area contributed by atoms with E-state index in [4.69, 9.17) is 18.9 Å². The van der Waals surface area contributed by atoms with E-state index >= 15 is 0 Å². The maximum atomic E-state index is 13.8. The largest absolute Gasteiger partial charge is 0.496 e. The van der Waals surface area contributed by atoms with Crippen LogP contribution in [0.25, 0.3) is 21.9 Å². The molecule has 0 spiro atoms. The van der Waals surface area contributed by atoms with Gasteiger partial charge in [-0.25, -0.2) is 0 Å². The molecule has 4 aromatic rings. The number of nitrogens with one attached hydrogen (secondary N) is 2. The fraction of sp³-hybridized carbons (Fsp3) is 0.342. The zero-order chi connectivity index (χ0) is 33.9. The van der Waals surface area contributed by atoms with Crippen molar-refractivity contribution in [3.8, 4) is 34.1 Å². The Balaban J connectivity index is 1.34. The zero-order valence-corrected chi connectivity index (χ0v) is 28.0. The van der Waals surface area contributed by atoms with Crippen LogP contribution in [0.3, 0.4) is 0 Å². The number of hydrogen-bond acceptors (Lipinski definition) is 8. The van der Waals surface area contributed by atoms with Crippen molar-refractivity contribution in [3.63, 3.8) is 0 Å². The standard InChI is InChI=1S/C38H41N3O7/c1-22(42)40-29-15-12-23-19-34(46-3)37(47-4)38(48-5)36(23)27-13-16-30(32(43)20-28(27)29)39-21-35(44)41-18-8-11-31(41)25-14-17-33(45-2)26-10-7-6-9-24(25)26/h6-7,9-10,13-14,16-17,19-20,29,31H,8,11-12,15,18,21H2,1-5H3,(H,39,43)(H,40,42)/t29-,31?/m1/s1. The lowest BCUT2D eigenvalue weighted by molar-refractivity contribution is -0.130. The molecule has 1 aliphatic heterocycles. The predicted molar refractivity (Wildman–Crippen MR) is 185 cm³/mol. The molecule has 2 atom stereocenters. The second-order valence-electron chi connectivity index (χ2n) is 12.1. The number of anilines is 1. The molecule has 2 aliphatic rings. The molecule has 0 aromatic heterocycles. The number of hydrogen-bond donors (Lipinski definition) is 2. The third-order valence-corrected chi connectivity index (χ3v) is 9.42. The van der Waals surface area contributed by atoms with Crippen molar-refractivity contribution >= 4 is 28.3 Å². The van der Waals surface area contributed by atoms with Crippen molar-refractivity contribution in [2.75, 3.05) is 46.8 Å². The Kier molecular flexibility index (Phi) is 9.43. The summed E-state index contributed by atoms with van der Waals surface area (Å²) >= 11 is 0. The molecule has 10 nitrogen and oxygen atoms in total. The van der Waals surface area contributed by atoms with Crippen molar-refractivity contribution in [1.82, 2.24) is 10.2 Å². The van der Waals surface area contributed by atoms with Crippen molar-refractivity contribution in [3.05, 3.63) is 87.6 Å². The van der Waals surface area contributed by atoms with Crippen molar-refractivity contribution in [1.29, 1.82) is 0 Å². The highest BCUT2D eigenvalue weighted by Gasteiger charge is 2.32. The van der Waals surface area contributed by atoms with E-state index in [1.54, 1.807) is 40.6 Å². The van der Waals surface area contributed by atoms with Crippen molar-refractivity contribution < 1.29 is 28.5 Å². The van der Waals surface area contributed by atoms with Gasteiger partial charge in [-0.15, -0.1) is 0 Å². The first-order valence-electron chi connectivity index (χ1n) is 16.2. The van der Waals surface area contributed by atoms with Crippen LogP contribution in [0.5, 0.6) is 23.0 Å². The number of fused-ring (bicyclic) bond motifs is 4. The predicted octanol–water partition coefficient (Wildman–Crippen LogP) is 5.80. The minimum atomic E-state index is -0.425. The fourth-order valence-corrected chi connectivity index (χ4v) is 7.28. The summed E-state index contributed by atoms with van der Waals surface area (Å²) in [6.45, 7) is 2.05. The van der Waals surface area contributed by atoms with E-state index in [0.717, 1.165) is 51.6 Å². The number of rotatable bonds is 9. The van der Waals surface area contributed by atoms with Crippen molar-refractivity contribution in [2.45, 2.75) is 44.7 Å². The highest BCUT2D eigenvalue weighted by Crippen LogP contribution is 2.50. The van der Waals surface area contributed by atoms with Gasteiger partial charge in [0, 0.05) is 24.4 Å². The first-order chi connectivity index (χ1) is 23.3. The van der Waals surface area contributed by atoms with Crippen LogP contribution in [-0.2, 0) is 16.0 Å². The SMILES string of the molecule is COc1cc2c(c(OC)c1OC)-c1ccc(NCC(=O)N3CCCC3c3ccc(OC)c4ccccc34)c(=O)cc1[C@H](NC(C)=O)CC2.